The molecule has 17 heavy (non-hydrogen) atoms. The number of hydrogen-bond donors (Lipinski definition) is 1. The molecule has 0 saturated carbocycles. The first-order valence-electron chi connectivity index (χ1n) is 5.02. The molecule has 100 valence electrons. The minimum atomic E-state index is -4.39. The van der Waals surface area contributed by atoms with Crippen molar-refractivity contribution in [3.63, 3.8) is 0 Å². The second kappa shape index (κ2) is 4.75. The molecule has 1 N–H and O–H groups in total. The van der Waals surface area contributed by atoms with Crippen LogP contribution < -0.4 is 5.32 Å². The first-order chi connectivity index (χ1) is 7.25. The van der Waals surface area contributed by atoms with Gasteiger partial charge in [-0.25, -0.2) is 8.42 Å². The normalized spacial score (nSPS) is 13.3. The van der Waals surface area contributed by atoms with Crippen LogP contribution in [0, 0.1) is 0 Å². The van der Waals surface area contributed by atoms with Gasteiger partial charge < -0.3 is 9.87 Å². The summed E-state index contributed by atoms with van der Waals surface area (Å²) in [4.78, 5) is 11.8. The van der Waals surface area contributed by atoms with E-state index in [-0.39, 0.29) is 10.2 Å². The van der Waals surface area contributed by atoms with Gasteiger partial charge in [0, 0.05) is 5.54 Å². The fourth-order valence-electron chi connectivity index (χ4n) is 1.16. The Morgan fingerprint density at radius 1 is 1.35 bits per heavy atom. The fourth-order valence-corrected chi connectivity index (χ4v) is 2.12. The summed E-state index contributed by atoms with van der Waals surface area (Å²) in [5.74, 6) is -1.12. The highest BCUT2D eigenvalue weighted by atomic mass is 32.2. The first-order valence-corrected chi connectivity index (χ1v) is 6.59. The number of carbonyl (C=O) groups is 1. The van der Waals surface area contributed by atoms with Gasteiger partial charge >= 0.3 is 5.91 Å². The molecule has 0 aromatic heterocycles. The Hall–Kier alpha value is -0.920. The maximum Gasteiger partial charge on any atom is 0.305 e. The lowest BCUT2D eigenvalue weighted by atomic mass is 10.1. The van der Waals surface area contributed by atoms with Crippen LogP contribution in [0.3, 0.4) is 0 Å². The zero-order chi connectivity index (χ0) is 14.1. The third kappa shape index (κ3) is 6.40. The summed E-state index contributed by atoms with van der Waals surface area (Å²) in [6, 6.07) is 0. The molecule has 0 saturated heterocycles. The van der Waals surface area contributed by atoms with E-state index in [1.54, 1.807) is 21.1 Å². The summed E-state index contributed by atoms with van der Waals surface area (Å²) >= 11 is 0. The average Bonchev–Trinajstić information content (AvgIpc) is 1.94. The Labute approximate surface area is 103 Å². The third-order valence-electron chi connectivity index (χ3n) is 2.06. The molecule has 0 bridgehead atoms. The predicted octanol–water partition coefficient (Wildman–Crippen LogP) is -0.354. The lowest BCUT2D eigenvalue weighted by Gasteiger charge is -2.30. The van der Waals surface area contributed by atoms with E-state index >= 15 is 0 Å². The van der Waals surface area contributed by atoms with E-state index in [9.17, 15) is 17.8 Å². The Kier molecular flexibility index (Phi) is 4.50. The van der Waals surface area contributed by atoms with Crippen LogP contribution in [0.1, 0.15) is 13.8 Å². The van der Waals surface area contributed by atoms with Gasteiger partial charge in [-0.1, -0.05) is 0 Å². The van der Waals surface area contributed by atoms with Gasteiger partial charge in [0.15, 0.2) is 5.70 Å². The molecule has 0 aromatic rings. The number of hydrogen-bond acceptors (Lipinski definition) is 4. The van der Waals surface area contributed by atoms with E-state index in [1.807, 2.05) is 0 Å². The van der Waals surface area contributed by atoms with Crippen LogP contribution >= 0.6 is 0 Å². The van der Waals surface area contributed by atoms with Gasteiger partial charge in [-0.05, 0) is 20.4 Å². The summed E-state index contributed by atoms with van der Waals surface area (Å²) in [6.07, 6.45) is 0. The second-order valence-electron chi connectivity index (χ2n) is 5.50. The van der Waals surface area contributed by atoms with Crippen LogP contribution in [0.5, 0.6) is 0 Å². The van der Waals surface area contributed by atoms with E-state index in [0.717, 1.165) is 0 Å². The summed E-state index contributed by atoms with van der Waals surface area (Å²) in [7, 11) is 0.901. The van der Waals surface area contributed by atoms with E-state index in [4.69, 9.17) is 0 Å². The molecular formula is C10H20N2O4S. The molecule has 7 heteroatoms. The molecule has 6 nitrogen and oxygen atoms in total. The maximum absolute atomic E-state index is 11.8. The zero-order valence-corrected chi connectivity index (χ0v) is 11.7. The largest absolute Gasteiger partial charge is 0.748 e. The van der Waals surface area contributed by atoms with E-state index in [2.05, 4.69) is 11.9 Å². The molecule has 0 aromatic carbocycles. The number of likely N-dealkylation sites (N-methyl/N-ethyl adjacent to an activating group) is 1. The van der Waals surface area contributed by atoms with Gasteiger partial charge in [-0.3, -0.25) is 9.28 Å². The lowest BCUT2D eigenvalue weighted by molar-refractivity contribution is -0.826. The van der Waals surface area contributed by atoms with Crippen LogP contribution in [0.2, 0.25) is 0 Å². The zero-order valence-electron chi connectivity index (χ0n) is 10.9. The van der Waals surface area contributed by atoms with Gasteiger partial charge in [-0.15, -0.1) is 0 Å². The standard InChI is InChI=1S/C10H20N2O4S/c1-8(12(4,5)6)9(13)11-10(2,3)7-17(14,15)16/h1,7H2,2-6H3,(H-,11,13,14,15,16). The SMILES string of the molecule is C=C(C(=O)NC(C)(C)CS(=O)(=O)[O-])[N+](C)(C)C. The molecule has 0 rings (SSSR count). The molecular weight excluding hydrogens is 244 g/mol. The number of quaternary nitrogens is 1. The van der Waals surface area contributed by atoms with Gasteiger partial charge in [-0.2, -0.15) is 0 Å². The van der Waals surface area contributed by atoms with Crippen LogP contribution in [0.15, 0.2) is 12.3 Å². The van der Waals surface area contributed by atoms with Gasteiger partial charge in [0.2, 0.25) is 0 Å². The summed E-state index contributed by atoms with van der Waals surface area (Å²) in [6.45, 7) is 6.59. The van der Waals surface area contributed by atoms with Crippen molar-refractivity contribution >= 4 is 16.0 Å². The van der Waals surface area contributed by atoms with Crippen molar-refractivity contribution in [3.05, 3.63) is 12.3 Å². The quantitative estimate of drug-likeness (QED) is 0.417. The first kappa shape index (κ1) is 16.1. The maximum atomic E-state index is 11.8. The molecule has 0 atom stereocenters. The van der Waals surface area contributed by atoms with Crippen molar-refractivity contribution in [2.24, 2.45) is 0 Å². The molecule has 0 aliphatic carbocycles. The Bertz CT molecular complexity index is 418. The number of amides is 1. The number of nitrogens with zero attached hydrogens (tertiary/aromatic N) is 1. The Balaban J connectivity index is 4.75. The highest BCUT2D eigenvalue weighted by Crippen LogP contribution is 2.10. The van der Waals surface area contributed by atoms with Gasteiger partial charge in [0.25, 0.3) is 0 Å². The third-order valence-corrected chi connectivity index (χ3v) is 3.14. The molecule has 0 spiro atoms. The van der Waals surface area contributed by atoms with Crippen molar-refractivity contribution in [2.75, 3.05) is 26.9 Å². The minimum Gasteiger partial charge on any atom is -0.748 e. The smallest absolute Gasteiger partial charge is 0.305 e. The van der Waals surface area contributed by atoms with Gasteiger partial charge in [0.05, 0.1) is 37.0 Å². The molecule has 0 radical (unpaired) electrons. The molecule has 0 unspecified atom stereocenters. The van der Waals surface area contributed by atoms with Crippen LogP contribution in [0.4, 0.5) is 0 Å². The van der Waals surface area contributed by atoms with Crippen LogP contribution in [-0.2, 0) is 14.9 Å². The summed E-state index contributed by atoms with van der Waals surface area (Å²) in [5.41, 5.74) is -0.836. The molecule has 0 aliphatic heterocycles. The second-order valence-corrected chi connectivity index (χ2v) is 6.90. The van der Waals surface area contributed by atoms with Crippen molar-refractivity contribution in [1.82, 2.24) is 5.32 Å². The van der Waals surface area contributed by atoms with E-state index in [0.29, 0.717) is 0 Å². The minimum absolute atomic E-state index is 0.228. The monoisotopic (exact) mass is 264 g/mol. The highest BCUT2D eigenvalue weighted by molar-refractivity contribution is 7.85. The van der Waals surface area contributed by atoms with Gasteiger partial charge in [0.1, 0.15) is 0 Å². The lowest BCUT2D eigenvalue weighted by Crippen LogP contribution is -2.52. The topological polar surface area (TPSA) is 86.3 Å². The Morgan fingerprint density at radius 2 is 1.76 bits per heavy atom. The summed E-state index contributed by atoms with van der Waals surface area (Å²) in [5, 5.41) is 2.49. The Morgan fingerprint density at radius 3 is 2.06 bits per heavy atom. The van der Waals surface area contributed by atoms with Crippen molar-refractivity contribution in [1.29, 1.82) is 0 Å². The van der Waals surface area contributed by atoms with Crippen molar-refractivity contribution in [3.8, 4) is 0 Å². The predicted molar refractivity (Wildman–Crippen MR) is 64.0 cm³/mol. The number of rotatable bonds is 5. The number of carbonyl (C=O) groups excluding carboxylic acids is 1. The average molecular weight is 264 g/mol. The molecule has 0 heterocycles. The van der Waals surface area contributed by atoms with E-state index in [1.165, 1.54) is 13.8 Å². The van der Waals surface area contributed by atoms with E-state index < -0.39 is 27.3 Å². The molecule has 0 fully saturated rings. The molecule has 1 amide bonds. The van der Waals surface area contributed by atoms with Crippen molar-refractivity contribution in [2.45, 2.75) is 19.4 Å². The fraction of sp³-hybridized carbons (Fsp3) is 0.700. The van der Waals surface area contributed by atoms with Crippen molar-refractivity contribution < 1.29 is 22.2 Å². The molecule has 0 aliphatic rings. The number of nitrogens with one attached hydrogen (secondary N) is 1. The van der Waals surface area contributed by atoms with Crippen LogP contribution in [0.25, 0.3) is 0 Å². The van der Waals surface area contributed by atoms with Crippen LogP contribution in [-0.4, -0.2) is 55.8 Å². The highest BCUT2D eigenvalue weighted by Gasteiger charge is 2.29. The summed E-state index contributed by atoms with van der Waals surface area (Å²) < 4.78 is 32.2.